The molecule has 0 amide bonds. The van der Waals surface area contributed by atoms with E-state index in [1.807, 2.05) is 6.07 Å². The number of fused-ring (bicyclic) bond motifs is 13. The number of benzene rings is 6. The van der Waals surface area contributed by atoms with E-state index >= 15 is 0 Å². The van der Waals surface area contributed by atoms with E-state index in [2.05, 4.69) is 174 Å². The molecular formula is C48H35N5O. The largest absolute Gasteiger partial charge is 0.485 e. The van der Waals surface area contributed by atoms with Crippen LogP contribution in [0.2, 0.25) is 0 Å². The summed E-state index contributed by atoms with van der Waals surface area (Å²) in [7, 11) is 0. The zero-order chi connectivity index (χ0) is 35.7. The number of ether oxygens (including phenoxy) is 1. The SMILES string of the molecule is CC1(C)c2ccccc2-c2ccc3c4ccccc4n(C4=NC(n5c6ccccc6c6ccccc65)=NC(C5=CC6Oc7ccccc7[C@@H]6C=C5)N4)c3c21. The van der Waals surface area contributed by atoms with Crippen LogP contribution >= 0.6 is 0 Å². The fourth-order valence-corrected chi connectivity index (χ4v) is 9.73. The molecule has 4 heterocycles. The predicted octanol–water partition coefficient (Wildman–Crippen LogP) is 10.3. The topological polar surface area (TPSA) is 55.8 Å². The summed E-state index contributed by atoms with van der Waals surface area (Å²) in [6.07, 6.45) is 6.23. The van der Waals surface area contributed by atoms with Crippen molar-refractivity contribution in [2.45, 2.75) is 37.5 Å². The molecule has 3 atom stereocenters. The molecule has 1 N–H and O–H groups in total. The summed E-state index contributed by atoms with van der Waals surface area (Å²) in [5.74, 6) is 2.50. The number of hydrogen-bond acceptors (Lipinski definition) is 4. The molecule has 4 aliphatic rings. The number of rotatable bonds is 1. The second-order valence-electron chi connectivity index (χ2n) is 15.4. The van der Waals surface area contributed by atoms with Gasteiger partial charge in [-0.15, -0.1) is 0 Å². The van der Waals surface area contributed by atoms with E-state index in [1.165, 1.54) is 54.9 Å². The lowest BCUT2D eigenvalue weighted by molar-refractivity contribution is 0.267. The summed E-state index contributed by atoms with van der Waals surface area (Å²) < 4.78 is 11.1. The summed E-state index contributed by atoms with van der Waals surface area (Å²) in [5.41, 5.74) is 11.7. The highest BCUT2D eigenvalue weighted by Crippen LogP contribution is 2.52. The molecule has 0 fully saturated rings. The molecule has 0 radical (unpaired) electrons. The number of para-hydroxylation sites is 4. The number of nitrogens with zero attached hydrogens (tertiary/aromatic N) is 4. The molecule has 258 valence electrons. The van der Waals surface area contributed by atoms with Crippen molar-refractivity contribution in [2.24, 2.45) is 9.98 Å². The standard InChI is InChI=1S/C48H35N5O/c1-48(2)37-18-8-3-13-29(37)35-25-26-36-32-16-6-11-21-40(32)53(44(36)43(35)48)47-50-45(28-23-24-34-33-17-7-12-22-41(33)54-42(34)27-28)49-46(51-47)52-38-19-9-4-14-30(38)31-15-5-10-20-39(31)52/h3-27,34,42,45H,1-2H3,(H,49,50,51)/t34-,42?,45?/m0/s1. The molecule has 8 aromatic rings. The predicted molar refractivity (Wildman–Crippen MR) is 220 cm³/mol. The first-order valence-corrected chi connectivity index (χ1v) is 18.8. The highest BCUT2D eigenvalue weighted by Gasteiger charge is 2.40. The Kier molecular flexibility index (Phi) is 5.92. The lowest BCUT2D eigenvalue weighted by Gasteiger charge is -2.29. The third-order valence-corrected chi connectivity index (χ3v) is 12.1. The van der Waals surface area contributed by atoms with Crippen LogP contribution in [0.1, 0.15) is 36.5 Å². The van der Waals surface area contributed by atoms with Crippen molar-refractivity contribution in [3.8, 4) is 16.9 Å². The Morgan fingerprint density at radius 2 is 1.30 bits per heavy atom. The molecule has 12 rings (SSSR count). The Morgan fingerprint density at radius 1 is 0.648 bits per heavy atom. The highest BCUT2D eigenvalue weighted by atomic mass is 16.5. The number of aromatic nitrogens is 2. The molecule has 2 aromatic heterocycles. The van der Waals surface area contributed by atoms with Gasteiger partial charge < -0.3 is 10.1 Å². The van der Waals surface area contributed by atoms with Crippen molar-refractivity contribution in [1.29, 1.82) is 0 Å². The monoisotopic (exact) mass is 697 g/mol. The molecular weight excluding hydrogens is 663 g/mol. The van der Waals surface area contributed by atoms with Gasteiger partial charge in [0.15, 0.2) is 6.17 Å². The normalized spacial score (nSPS) is 20.6. The maximum atomic E-state index is 6.52. The van der Waals surface area contributed by atoms with Gasteiger partial charge in [-0.05, 0) is 58.2 Å². The fraction of sp³-hybridized carbons (Fsp3) is 0.125. The first-order chi connectivity index (χ1) is 26.5. The fourth-order valence-electron chi connectivity index (χ4n) is 9.73. The molecule has 0 saturated carbocycles. The molecule has 2 unspecified atom stereocenters. The van der Waals surface area contributed by atoms with Crippen molar-refractivity contribution < 1.29 is 4.74 Å². The first-order valence-electron chi connectivity index (χ1n) is 18.8. The molecule has 6 aromatic carbocycles. The molecule has 0 saturated heterocycles. The lowest BCUT2D eigenvalue weighted by atomic mass is 9.81. The minimum atomic E-state index is -0.421. The van der Waals surface area contributed by atoms with Gasteiger partial charge in [-0.1, -0.05) is 135 Å². The van der Waals surface area contributed by atoms with Crippen LogP contribution in [0.5, 0.6) is 5.75 Å². The van der Waals surface area contributed by atoms with Crippen molar-refractivity contribution in [3.63, 3.8) is 0 Å². The Balaban J connectivity index is 1.12. The maximum absolute atomic E-state index is 6.52. The second kappa shape index (κ2) is 10.7. The molecule has 2 aliphatic heterocycles. The summed E-state index contributed by atoms with van der Waals surface area (Å²) in [5, 5.41) is 8.63. The number of nitrogens with one attached hydrogen (secondary N) is 1. The van der Waals surface area contributed by atoms with Gasteiger partial charge in [0.2, 0.25) is 11.9 Å². The van der Waals surface area contributed by atoms with Crippen LogP contribution in [0.15, 0.2) is 167 Å². The minimum absolute atomic E-state index is 0.103. The highest BCUT2D eigenvalue weighted by molar-refractivity contribution is 6.20. The van der Waals surface area contributed by atoms with E-state index in [4.69, 9.17) is 14.7 Å². The number of aliphatic imine (C=N–C) groups is 2. The van der Waals surface area contributed by atoms with Crippen molar-refractivity contribution in [1.82, 2.24) is 14.5 Å². The van der Waals surface area contributed by atoms with E-state index < -0.39 is 6.17 Å². The van der Waals surface area contributed by atoms with E-state index in [0.29, 0.717) is 5.96 Å². The van der Waals surface area contributed by atoms with E-state index in [-0.39, 0.29) is 17.4 Å². The van der Waals surface area contributed by atoms with Crippen LogP contribution in [0.4, 0.5) is 0 Å². The van der Waals surface area contributed by atoms with E-state index in [0.717, 1.165) is 33.8 Å². The van der Waals surface area contributed by atoms with Gasteiger partial charge in [0, 0.05) is 38.4 Å². The Labute approximate surface area is 312 Å². The minimum Gasteiger partial charge on any atom is -0.485 e. The molecule has 0 spiro atoms. The lowest BCUT2D eigenvalue weighted by Crippen LogP contribution is -2.44. The molecule has 6 heteroatoms. The Hall–Kier alpha value is -6.66. The average Bonchev–Trinajstić information content (AvgIpc) is 3.93. The smallest absolute Gasteiger partial charge is 0.235 e. The van der Waals surface area contributed by atoms with E-state index in [9.17, 15) is 0 Å². The molecule has 6 nitrogen and oxygen atoms in total. The quantitative estimate of drug-likeness (QED) is 0.186. The Morgan fingerprint density at radius 3 is 2.07 bits per heavy atom. The van der Waals surface area contributed by atoms with Crippen LogP contribution < -0.4 is 10.1 Å². The second-order valence-corrected chi connectivity index (χ2v) is 15.4. The maximum Gasteiger partial charge on any atom is 0.235 e. The molecule has 2 aliphatic carbocycles. The van der Waals surface area contributed by atoms with Crippen LogP contribution in [-0.4, -0.2) is 33.3 Å². The Bertz CT molecular complexity index is 3010. The van der Waals surface area contributed by atoms with Gasteiger partial charge in [-0.25, -0.2) is 4.99 Å². The summed E-state index contributed by atoms with van der Waals surface area (Å²) in [6.45, 7) is 4.72. The summed E-state index contributed by atoms with van der Waals surface area (Å²) in [4.78, 5) is 11.0. The van der Waals surface area contributed by atoms with Gasteiger partial charge in [0.05, 0.1) is 22.1 Å². The van der Waals surface area contributed by atoms with Crippen molar-refractivity contribution in [3.05, 3.63) is 174 Å². The zero-order valence-corrected chi connectivity index (χ0v) is 29.9. The van der Waals surface area contributed by atoms with Gasteiger partial charge in [-0.2, -0.15) is 4.99 Å². The third-order valence-electron chi connectivity index (χ3n) is 12.1. The van der Waals surface area contributed by atoms with Crippen LogP contribution in [0.3, 0.4) is 0 Å². The first kappa shape index (κ1) is 29.9. The van der Waals surface area contributed by atoms with Crippen LogP contribution in [0.25, 0.3) is 54.7 Å². The van der Waals surface area contributed by atoms with Crippen molar-refractivity contribution in [2.75, 3.05) is 0 Å². The third kappa shape index (κ3) is 3.94. The zero-order valence-electron chi connectivity index (χ0n) is 29.9. The average molecular weight is 698 g/mol. The van der Waals surface area contributed by atoms with Gasteiger partial charge >= 0.3 is 0 Å². The van der Waals surface area contributed by atoms with Gasteiger partial charge in [-0.3, -0.25) is 9.13 Å². The molecule has 0 bridgehead atoms. The van der Waals surface area contributed by atoms with Crippen LogP contribution in [0, 0.1) is 0 Å². The van der Waals surface area contributed by atoms with E-state index in [1.54, 1.807) is 0 Å². The van der Waals surface area contributed by atoms with Crippen LogP contribution in [-0.2, 0) is 5.41 Å². The summed E-state index contributed by atoms with van der Waals surface area (Å²) in [6, 6.07) is 47.7. The van der Waals surface area contributed by atoms with Gasteiger partial charge in [0.1, 0.15) is 11.9 Å². The number of hydrogen-bond donors (Lipinski definition) is 1. The summed E-state index contributed by atoms with van der Waals surface area (Å²) >= 11 is 0. The van der Waals surface area contributed by atoms with Crippen molar-refractivity contribution >= 4 is 55.5 Å². The van der Waals surface area contributed by atoms with Gasteiger partial charge in [0.25, 0.3) is 0 Å². The molecule has 54 heavy (non-hydrogen) atoms.